The third-order valence-electron chi connectivity index (χ3n) is 3.80. The highest BCUT2D eigenvalue weighted by Gasteiger charge is 2.23. The van der Waals surface area contributed by atoms with E-state index in [1.807, 2.05) is 60.7 Å². The SMILES string of the molecule is CC(O)(CO)Cn1nc(-c2ccccc2)c(-c2ccccc2)nc1=O. The molecule has 2 aromatic carbocycles. The summed E-state index contributed by atoms with van der Waals surface area (Å²) in [4.78, 5) is 16.6. The van der Waals surface area contributed by atoms with Crippen molar-refractivity contribution in [1.82, 2.24) is 14.8 Å². The molecule has 0 amide bonds. The molecule has 2 N–H and O–H groups in total. The summed E-state index contributed by atoms with van der Waals surface area (Å²) >= 11 is 0. The number of aliphatic hydroxyl groups excluding tert-OH is 1. The smallest absolute Gasteiger partial charge is 0.364 e. The van der Waals surface area contributed by atoms with Gasteiger partial charge in [0.15, 0.2) is 0 Å². The first kappa shape index (κ1) is 17.0. The summed E-state index contributed by atoms with van der Waals surface area (Å²) in [5.74, 6) is 0. The minimum atomic E-state index is -1.46. The van der Waals surface area contributed by atoms with Gasteiger partial charge in [0.1, 0.15) is 17.0 Å². The lowest BCUT2D eigenvalue weighted by atomic mass is 10.0. The Labute approximate surface area is 145 Å². The van der Waals surface area contributed by atoms with Gasteiger partial charge in [0.2, 0.25) is 0 Å². The molecule has 3 aromatic rings. The number of hydrogen-bond donors (Lipinski definition) is 2. The van der Waals surface area contributed by atoms with Gasteiger partial charge in [-0.05, 0) is 6.92 Å². The van der Waals surface area contributed by atoms with Crippen LogP contribution in [0.2, 0.25) is 0 Å². The van der Waals surface area contributed by atoms with Gasteiger partial charge in [0.05, 0.1) is 13.2 Å². The van der Waals surface area contributed by atoms with Crippen molar-refractivity contribution >= 4 is 0 Å². The zero-order valence-corrected chi connectivity index (χ0v) is 13.8. The molecule has 3 rings (SSSR count). The van der Waals surface area contributed by atoms with Gasteiger partial charge in [-0.25, -0.2) is 9.48 Å². The quantitative estimate of drug-likeness (QED) is 0.740. The van der Waals surface area contributed by atoms with Gasteiger partial charge in [0, 0.05) is 11.1 Å². The fourth-order valence-electron chi connectivity index (χ4n) is 2.48. The van der Waals surface area contributed by atoms with Crippen molar-refractivity contribution in [3.8, 4) is 22.5 Å². The van der Waals surface area contributed by atoms with E-state index in [0.717, 1.165) is 15.8 Å². The molecular formula is C19H19N3O3. The second-order valence-corrected chi connectivity index (χ2v) is 6.14. The predicted molar refractivity (Wildman–Crippen MR) is 94.9 cm³/mol. The standard InChI is InChI=1S/C19H19N3O3/c1-19(25,13-23)12-22-18(24)20-16(14-8-4-2-5-9-14)17(21-22)15-10-6-3-7-11-15/h2-11,23,25H,12-13H2,1H3. The Kier molecular flexibility index (Phi) is 4.74. The third-order valence-corrected chi connectivity index (χ3v) is 3.80. The van der Waals surface area contributed by atoms with Crippen LogP contribution in [0.3, 0.4) is 0 Å². The van der Waals surface area contributed by atoms with E-state index in [9.17, 15) is 15.0 Å². The average molecular weight is 337 g/mol. The molecule has 25 heavy (non-hydrogen) atoms. The summed E-state index contributed by atoms with van der Waals surface area (Å²) in [6.45, 7) is 0.806. The second kappa shape index (κ2) is 6.96. The zero-order valence-electron chi connectivity index (χ0n) is 13.8. The summed E-state index contributed by atoms with van der Waals surface area (Å²) in [5.41, 5.74) is 0.586. The lowest BCUT2D eigenvalue weighted by Crippen LogP contribution is -2.40. The highest BCUT2D eigenvalue weighted by molar-refractivity contribution is 5.77. The number of hydrogen-bond acceptors (Lipinski definition) is 5. The summed E-state index contributed by atoms with van der Waals surface area (Å²) in [6.07, 6.45) is 0. The average Bonchev–Trinajstić information content (AvgIpc) is 2.64. The number of rotatable bonds is 5. The molecule has 1 unspecified atom stereocenters. The van der Waals surface area contributed by atoms with Crippen molar-refractivity contribution in [2.45, 2.75) is 19.1 Å². The van der Waals surface area contributed by atoms with Crippen molar-refractivity contribution in [2.24, 2.45) is 0 Å². The minimum Gasteiger partial charge on any atom is -0.393 e. The van der Waals surface area contributed by atoms with Crippen molar-refractivity contribution in [3.63, 3.8) is 0 Å². The molecule has 128 valence electrons. The number of aromatic nitrogens is 3. The van der Waals surface area contributed by atoms with Crippen LogP contribution in [0.25, 0.3) is 22.5 Å². The molecule has 1 heterocycles. The van der Waals surface area contributed by atoms with Gasteiger partial charge in [-0.2, -0.15) is 10.1 Å². The van der Waals surface area contributed by atoms with Crippen LogP contribution in [0.1, 0.15) is 6.92 Å². The first-order valence-corrected chi connectivity index (χ1v) is 7.93. The molecule has 0 spiro atoms. The van der Waals surface area contributed by atoms with E-state index < -0.39 is 17.9 Å². The molecule has 0 radical (unpaired) electrons. The van der Waals surface area contributed by atoms with Crippen molar-refractivity contribution < 1.29 is 10.2 Å². The maximum absolute atomic E-state index is 12.4. The molecular weight excluding hydrogens is 318 g/mol. The van der Waals surface area contributed by atoms with E-state index in [4.69, 9.17) is 0 Å². The van der Waals surface area contributed by atoms with Crippen molar-refractivity contribution in [2.75, 3.05) is 6.61 Å². The topological polar surface area (TPSA) is 88.2 Å². The summed E-state index contributed by atoms with van der Waals surface area (Å²) in [6, 6.07) is 18.8. The van der Waals surface area contributed by atoms with E-state index in [1.54, 1.807) is 0 Å². The number of benzene rings is 2. The van der Waals surface area contributed by atoms with E-state index in [1.165, 1.54) is 6.92 Å². The predicted octanol–water partition coefficient (Wildman–Crippen LogP) is 1.72. The highest BCUT2D eigenvalue weighted by atomic mass is 16.3. The van der Waals surface area contributed by atoms with Crippen molar-refractivity contribution in [3.05, 3.63) is 71.1 Å². The van der Waals surface area contributed by atoms with Gasteiger partial charge in [-0.15, -0.1) is 0 Å². The number of nitrogens with zero attached hydrogens (tertiary/aromatic N) is 3. The lowest BCUT2D eigenvalue weighted by Gasteiger charge is -2.21. The number of aliphatic hydroxyl groups is 2. The molecule has 0 aliphatic carbocycles. The molecule has 0 bridgehead atoms. The van der Waals surface area contributed by atoms with Crippen LogP contribution in [0, 0.1) is 0 Å². The van der Waals surface area contributed by atoms with E-state index >= 15 is 0 Å². The van der Waals surface area contributed by atoms with Gasteiger partial charge in [-0.1, -0.05) is 60.7 Å². The zero-order chi connectivity index (χ0) is 17.9. The molecule has 0 aliphatic heterocycles. The van der Waals surface area contributed by atoms with Crippen LogP contribution in [-0.2, 0) is 6.54 Å². The van der Waals surface area contributed by atoms with Crippen LogP contribution < -0.4 is 5.69 Å². The molecule has 0 saturated heterocycles. The van der Waals surface area contributed by atoms with Crippen LogP contribution in [0.5, 0.6) is 0 Å². The maximum Gasteiger partial charge on any atom is 0.364 e. The van der Waals surface area contributed by atoms with Crippen LogP contribution >= 0.6 is 0 Å². The van der Waals surface area contributed by atoms with E-state index in [-0.39, 0.29) is 6.54 Å². The van der Waals surface area contributed by atoms with E-state index in [2.05, 4.69) is 10.1 Å². The third kappa shape index (κ3) is 3.81. The molecule has 0 saturated carbocycles. The van der Waals surface area contributed by atoms with Crippen LogP contribution in [0.4, 0.5) is 0 Å². The Morgan fingerprint density at radius 3 is 2.00 bits per heavy atom. The van der Waals surface area contributed by atoms with Crippen LogP contribution in [0.15, 0.2) is 65.5 Å². The molecule has 6 heteroatoms. The molecule has 0 fully saturated rings. The minimum absolute atomic E-state index is 0.149. The van der Waals surface area contributed by atoms with Gasteiger partial charge in [0.25, 0.3) is 0 Å². The first-order valence-electron chi connectivity index (χ1n) is 7.93. The van der Waals surface area contributed by atoms with Gasteiger partial charge < -0.3 is 10.2 Å². The fraction of sp³-hybridized carbons (Fsp3) is 0.211. The second-order valence-electron chi connectivity index (χ2n) is 6.14. The fourth-order valence-corrected chi connectivity index (χ4v) is 2.48. The Hall–Kier alpha value is -2.83. The van der Waals surface area contributed by atoms with Gasteiger partial charge >= 0.3 is 5.69 Å². The lowest BCUT2D eigenvalue weighted by molar-refractivity contribution is -0.0158. The summed E-state index contributed by atoms with van der Waals surface area (Å²) in [5, 5.41) is 23.7. The molecule has 6 nitrogen and oxygen atoms in total. The van der Waals surface area contributed by atoms with Crippen molar-refractivity contribution in [1.29, 1.82) is 0 Å². The molecule has 0 aliphatic rings. The Morgan fingerprint density at radius 1 is 0.960 bits per heavy atom. The highest BCUT2D eigenvalue weighted by Crippen LogP contribution is 2.27. The van der Waals surface area contributed by atoms with Crippen LogP contribution in [-0.4, -0.2) is 37.2 Å². The Balaban J connectivity index is 2.19. The molecule has 1 atom stereocenters. The largest absolute Gasteiger partial charge is 0.393 e. The first-order chi connectivity index (χ1) is 12.0. The van der Waals surface area contributed by atoms with Gasteiger partial charge in [-0.3, -0.25) is 0 Å². The van der Waals surface area contributed by atoms with E-state index in [0.29, 0.717) is 11.4 Å². The maximum atomic E-state index is 12.4. The summed E-state index contributed by atoms with van der Waals surface area (Å²) in [7, 11) is 0. The normalized spacial score (nSPS) is 13.4. The Morgan fingerprint density at radius 2 is 1.48 bits per heavy atom. The molecule has 1 aromatic heterocycles. The Bertz CT molecular complexity index is 906. The summed E-state index contributed by atoms with van der Waals surface area (Å²) < 4.78 is 1.09. The monoisotopic (exact) mass is 337 g/mol.